The number of rotatable bonds is 4. The van der Waals surface area contributed by atoms with Crippen molar-refractivity contribution in [3.63, 3.8) is 0 Å². The van der Waals surface area contributed by atoms with Crippen LogP contribution in [-0.4, -0.2) is 19.1 Å². The molecule has 0 saturated heterocycles. The van der Waals surface area contributed by atoms with Crippen LogP contribution in [0.3, 0.4) is 0 Å². The molecule has 1 aromatic rings. The van der Waals surface area contributed by atoms with Crippen molar-refractivity contribution < 1.29 is 9.47 Å². The molecule has 1 heterocycles. The van der Waals surface area contributed by atoms with Gasteiger partial charge >= 0.3 is 0 Å². The van der Waals surface area contributed by atoms with Crippen molar-refractivity contribution in [2.24, 2.45) is 0 Å². The van der Waals surface area contributed by atoms with E-state index >= 15 is 0 Å². The van der Waals surface area contributed by atoms with Gasteiger partial charge in [-0.3, -0.25) is 0 Å². The molecule has 1 aromatic carbocycles. The second-order valence-electron chi connectivity index (χ2n) is 3.88. The third kappa shape index (κ3) is 2.50. The Labute approximate surface area is 102 Å². The summed E-state index contributed by atoms with van der Waals surface area (Å²) in [6.45, 7) is 3.49. The lowest BCUT2D eigenvalue weighted by Gasteiger charge is -2.26. The van der Waals surface area contributed by atoms with Gasteiger partial charge in [0.05, 0.1) is 19.3 Å². The van der Waals surface area contributed by atoms with E-state index in [1.807, 2.05) is 13.0 Å². The predicted molar refractivity (Wildman–Crippen MR) is 65.3 cm³/mol. The Hall–Kier alpha value is -0.730. The fourth-order valence-electron chi connectivity index (χ4n) is 2.11. The average molecular weight is 241 g/mol. The van der Waals surface area contributed by atoms with E-state index in [0.717, 1.165) is 25.2 Å². The van der Waals surface area contributed by atoms with Crippen molar-refractivity contribution in [2.75, 3.05) is 19.1 Å². The van der Waals surface area contributed by atoms with Gasteiger partial charge < -0.3 is 9.47 Å². The van der Waals surface area contributed by atoms with Crippen molar-refractivity contribution in [1.82, 2.24) is 0 Å². The molecule has 0 fully saturated rings. The minimum absolute atomic E-state index is 0.164. The van der Waals surface area contributed by atoms with E-state index in [9.17, 15) is 0 Å². The maximum absolute atomic E-state index is 5.78. The van der Waals surface area contributed by atoms with E-state index in [1.54, 1.807) is 0 Å². The molecule has 88 valence electrons. The quantitative estimate of drug-likeness (QED) is 0.752. The molecule has 1 atom stereocenters. The average Bonchev–Trinajstić information content (AvgIpc) is 2.30. The highest BCUT2D eigenvalue weighted by molar-refractivity contribution is 6.17. The summed E-state index contributed by atoms with van der Waals surface area (Å²) in [5, 5.41) is 0. The van der Waals surface area contributed by atoms with Gasteiger partial charge in [-0.15, -0.1) is 11.6 Å². The monoisotopic (exact) mass is 240 g/mol. The fourth-order valence-corrected chi connectivity index (χ4v) is 2.31. The Balaban J connectivity index is 2.22. The Bertz CT molecular complexity index is 352. The van der Waals surface area contributed by atoms with Gasteiger partial charge in [-0.2, -0.15) is 0 Å². The Morgan fingerprint density at radius 1 is 1.50 bits per heavy atom. The number of halogens is 1. The van der Waals surface area contributed by atoms with Gasteiger partial charge in [0.25, 0.3) is 0 Å². The summed E-state index contributed by atoms with van der Waals surface area (Å²) in [5.74, 6) is 1.59. The zero-order chi connectivity index (χ0) is 11.4. The molecule has 2 rings (SSSR count). The summed E-state index contributed by atoms with van der Waals surface area (Å²) >= 11 is 5.78. The highest BCUT2D eigenvalue weighted by atomic mass is 35.5. The molecule has 1 aliphatic heterocycles. The fraction of sp³-hybridized carbons (Fsp3) is 0.538. The maximum Gasteiger partial charge on any atom is 0.119 e. The Kier molecular flexibility index (Phi) is 4.08. The van der Waals surface area contributed by atoms with E-state index < -0.39 is 0 Å². The molecule has 16 heavy (non-hydrogen) atoms. The summed E-state index contributed by atoms with van der Waals surface area (Å²) in [5.41, 5.74) is 2.61. The summed E-state index contributed by atoms with van der Waals surface area (Å²) < 4.78 is 11.2. The molecule has 1 aliphatic rings. The molecule has 0 aliphatic carbocycles. The smallest absolute Gasteiger partial charge is 0.119 e. The molecular weight excluding hydrogens is 224 g/mol. The van der Waals surface area contributed by atoms with Gasteiger partial charge in [0, 0.05) is 5.88 Å². The first-order chi connectivity index (χ1) is 7.85. The molecular formula is C13H17ClO2. The van der Waals surface area contributed by atoms with Crippen LogP contribution >= 0.6 is 11.6 Å². The summed E-state index contributed by atoms with van der Waals surface area (Å²) in [6.07, 6.45) is 2.01. The van der Waals surface area contributed by atoms with Gasteiger partial charge in [-0.1, -0.05) is 6.07 Å². The first-order valence-electron chi connectivity index (χ1n) is 5.78. The highest BCUT2D eigenvalue weighted by Crippen LogP contribution is 2.32. The van der Waals surface area contributed by atoms with Crippen molar-refractivity contribution in [3.8, 4) is 5.75 Å². The molecule has 0 spiro atoms. The maximum atomic E-state index is 5.78. The van der Waals surface area contributed by atoms with Crippen LogP contribution in [0.2, 0.25) is 0 Å². The minimum Gasteiger partial charge on any atom is -0.494 e. The molecule has 2 nitrogen and oxygen atoms in total. The van der Waals surface area contributed by atoms with Crippen LogP contribution in [0.5, 0.6) is 5.75 Å². The Morgan fingerprint density at radius 3 is 3.12 bits per heavy atom. The van der Waals surface area contributed by atoms with E-state index in [1.165, 1.54) is 11.1 Å². The molecule has 0 saturated carbocycles. The van der Waals surface area contributed by atoms with Gasteiger partial charge in [0.2, 0.25) is 0 Å². The van der Waals surface area contributed by atoms with E-state index in [4.69, 9.17) is 21.1 Å². The van der Waals surface area contributed by atoms with Gasteiger partial charge in [-0.25, -0.2) is 0 Å². The van der Waals surface area contributed by atoms with Gasteiger partial charge in [0.1, 0.15) is 5.75 Å². The topological polar surface area (TPSA) is 18.5 Å². The van der Waals surface area contributed by atoms with E-state index in [2.05, 4.69) is 12.1 Å². The molecule has 0 radical (unpaired) electrons. The lowest BCUT2D eigenvalue weighted by molar-refractivity contribution is 0.0404. The van der Waals surface area contributed by atoms with Crippen LogP contribution in [0.1, 0.15) is 30.6 Å². The number of benzene rings is 1. The number of hydrogen-bond donors (Lipinski definition) is 0. The minimum atomic E-state index is 0.164. The summed E-state index contributed by atoms with van der Waals surface area (Å²) in [6, 6.07) is 6.25. The molecule has 0 bridgehead atoms. The number of ether oxygens (including phenoxy) is 2. The standard InChI is InChI=1S/C13H17ClO2/c1-2-15-11-3-4-12-10(9-11)6-8-16-13(12)5-7-14/h3-4,9,13H,2,5-8H2,1H3. The second-order valence-corrected chi connectivity index (χ2v) is 4.26. The van der Waals surface area contributed by atoms with Crippen LogP contribution in [-0.2, 0) is 11.2 Å². The lowest BCUT2D eigenvalue weighted by Crippen LogP contribution is -2.16. The second kappa shape index (κ2) is 5.55. The Morgan fingerprint density at radius 2 is 2.38 bits per heavy atom. The van der Waals surface area contributed by atoms with Crippen molar-refractivity contribution in [2.45, 2.75) is 25.9 Å². The van der Waals surface area contributed by atoms with Crippen molar-refractivity contribution in [3.05, 3.63) is 29.3 Å². The third-order valence-corrected chi connectivity index (χ3v) is 3.05. The zero-order valence-electron chi connectivity index (χ0n) is 9.54. The molecule has 3 heteroatoms. The highest BCUT2D eigenvalue weighted by Gasteiger charge is 2.20. The molecule has 0 N–H and O–H groups in total. The van der Waals surface area contributed by atoms with Gasteiger partial charge in [0.15, 0.2) is 0 Å². The molecule has 0 amide bonds. The number of alkyl halides is 1. The van der Waals surface area contributed by atoms with Crippen LogP contribution in [0.25, 0.3) is 0 Å². The van der Waals surface area contributed by atoms with Gasteiger partial charge in [-0.05, 0) is 43.0 Å². The summed E-state index contributed by atoms with van der Waals surface area (Å²) in [4.78, 5) is 0. The first kappa shape index (κ1) is 11.7. The normalized spacial score (nSPS) is 19.2. The number of fused-ring (bicyclic) bond motifs is 1. The predicted octanol–water partition coefficient (Wildman–Crippen LogP) is 3.33. The summed E-state index contributed by atoms with van der Waals surface area (Å²) in [7, 11) is 0. The van der Waals surface area contributed by atoms with Crippen molar-refractivity contribution in [1.29, 1.82) is 0 Å². The van der Waals surface area contributed by atoms with Crippen LogP contribution in [0.4, 0.5) is 0 Å². The van der Waals surface area contributed by atoms with E-state index in [0.29, 0.717) is 12.5 Å². The van der Waals surface area contributed by atoms with Crippen LogP contribution in [0.15, 0.2) is 18.2 Å². The van der Waals surface area contributed by atoms with E-state index in [-0.39, 0.29) is 6.10 Å². The number of hydrogen-bond acceptors (Lipinski definition) is 2. The van der Waals surface area contributed by atoms with Crippen LogP contribution < -0.4 is 4.74 Å². The zero-order valence-corrected chi connectivity index (χ0v) is 10.3. The first-order valence-corrected chi connectivity index (χ1v) is 6.31. The SMILES string of the molecule is CCOc1ccc2c(c1)CCOC2CCCl. The molecule has 0 aromatic heterocycles. The third-order valence-electron chi connectivity index (χ3n) is 2.83. The molecule has 1 unspecified atom stereocenters. The van der Waals surface area contributed by atoms with Crippen molar-refractivity contribution >= 4 is 11.6 Å². The lowest BCUT2D eigenvalue weighted by atomic mass is 9.96. The van der Waals surface area contributed by atoms with Crippen LogP contribution in [0, 0.1) is 0 Å². The largest absolute Gasteiger partial charge is 0.494 e.